The molecule has 192 valence electrons. The molecule has 2 aromatic carbocycles. The van der Waals surface area contributed by atoms with E-state index >= 15 is 0 Å². The molecule has 0 bridgehead atoms. The van der Waals surface area contributed by atoms with Crippen molar-refractivity contribution in [1.82, 2.24) is 20.2 Å². The number of amides is 1. The number of aromatic nitrogens is 2. The predicted octanol–water partition coefficient (Wildman–Crippen LogP) is 5.86. The zero-order valence-electron chi connectivity index (χ0n) is 19.5. The smallest absolute Gasteiger partial charge is 0.309 e. The summed E-state index contributed by atoms with van der Waals surface area (Å²) in [6, 6.07) is 11.5. The monoisotopic (exact) mass is 614 g/mol. The van der Waals surface area contributed by atoms with Gasteiger partial charge in [0.2, 0.25) is 0 Å². The number of rotatable bonds is 8. The molecule has 1 saturated heterocycles. The standard InChI is InChI=1S/C24H25BrCl2N4O4S/c1-2-14-36(33,34)35-18-9-6-16(7-10-18)23-21(25)22(24(32)29-30-12-4-3-5-13-30)28-31(23)20-11-8-17(26)15-19(20)27/h6-11,15H,2-5,12-14H2,1H3,(H,29,32). The molecule has 36 heavy (non-hydrogen) atoms. The Morgan fingerprint density at radius 2 is 1.81 bits per heavy atom. The normalized spacial score (nSPS) is 14.6. The first-order chi connectivity index (χ1) is 17.2. The first kappa shape index (κ1) is 26.9. The Kier molecular flexibility index (Phi) is 8.62. The molecule has 1 amide bonds. The fraction of sp³-hybridized carbons (Fsp3) is 0.333. The fourth-order valence-electron chi connectivity index (χ4n) is 3.93. The Labute approximate surface area is 228 Å². The van der Waals surface area contributed by atoms with Gasteiger partial charge in [0, 0.05) is 23.7 Å². The number of carbonyl (C=O) groups excluding carboxylic acids is 1. The summed E-state index contributed by atoms with van der Waals surface area (Å²) in [5.74, 6) is -0.223. The lowest BCUT2D eigenvalue weighted by atomic mass is 10.1. The van der Waals surface area contributed by atoms with Gasteiger partial charge in [-0.05, 0) is 77.7 Å². The molecular weight excluding hydrogens is 591 g/mol. The largest absolute Gasteiger partial charge is 0.382 e. The van der Waals surface area contributed by atoms with Crippen LogP contribution in [0.1, 0.15) is 43.1 Å². The molecule has 0 unspecified atom stereocenters. The highest BCUT2D eigenvalue weighted by molar-refractivity contribution is 9.10. The number of nitrogens with one attached hydrogen (secondary N) is 1. The van der Waals surface area contributed by atoms with Crippen molar-refractivity contribution in [3.05, 3.63) is 62.7 Å². The van der Waals surface area contributed by atoms with Gasteiger partial charge in [-0.1, -0.05) is 36.5 Å². The molecule has 1 N–H and O–H groups in total. The van der Waals surface area contributed by atoms with Gasteiger partial charge >= 0.3 is 10.1 Å². The van der Waals surface area contributed by atoms with Crippen LogP contribution in [0.15, 0.2) is 46.9 Å². The van der Waals surface area contributed by atoms with Crippen LogP contribution in [-0.2, 0) is 10.1 Å². The Hall–Kier alpha value is -2.11. The van der Waals surface area contributed by atoms with E-state index in [1.807, 2.05) is 5.01 Å². The minimum Gasteiger partial charge on any atom is -0.382 e. The molecule has 0 spiro atoms. The first-order valence-corrected chi connectivity index (χ1v) is 14.6. The number of benzene rings is 2. The highest BCUT2D eigenvalue weighted by Crippen LogP contribution is 2.36. The van der Waals surface area contributed by atoms with Crippen LogP contribution in [0.25, 0.3) is 16.9 Å². The van der Waals surface area contributed by atoms with Gasteiger partial charge in [0.1, 0.15) is 5.75 Å². The van der Waals surface area contributed by atoms with Crippen molar-refractivity contribution in [3.63, 3.8) is 0 Å². The molecule has 1 aliphatic heterocycles. The van der Waals surface area contributed by atoms with Crippen LogP contribution >= 0.6 is 39.1 Å². The van der Waals surface area contributed by atoms with E-state index in [1.54, 1.807) is 54.1 Å². The molecule has 0 aliphatic carbocycles. The van der Waals surface area contributed by atoms with Crippen LogP contribution in [0.2, 0.25) is 10.0 Å². The van der Waals surface area contributed by atoms with Crippen LogP contribution < -0.4 is 9.61 Å². The quantitative estimate of drug-likeness (QED) is 0.319. The van der Waals surface area contributed by atoms with Gasteiger partial charge in [0.25, 0.3) is 5.91 Å². The maximum absolute atomic E-state index is 13.2. The third-order valence-corrected chi connectivity index (χ3v) is 8.24. The SMILES string of the molecule is CCCS(=O)(=O)Oc1ccc(-c2c(Br)c(C(=O)NN3CCCCC3)nn2-c2ccc(Cl)cc2Cl)cc1. The van der Waals surface area contributed by atoms with Crippen molar-refractivity contribution >= 4 is 55.2 Å². The predicted molar refractivity (Wildman–Crippen MR) is 144 cm³/mol. The molecule has 3 aromatic rings. The maximum Gasteiger partial charge on any atom is 0.309 e. The van der Waals surface area contributed by atoms with Gasteiger partial charge in [0.15, 0.2) is 5.69 Å². The molecule has 8 nitrogen and oxygen atoms in total. The molecule has 0 radical (unpaired) electrons. The molecule has 12 heteroatoms. The third kappa shape index (κ3) is 6.23. The van der Waals surface area contributed by atoms with Gasteiger partial charge in [-0.25, -0.2) is 9.69 Å². The van der Waals surface area contributed by atoms with E-state index in [2.05, 4.69) is 26.5 Å². The van der Waals surface area contributed by atoms with Gasteiger partial charge in [-0.2, -0.15) is 13.5 Å². The van der Waals surface area contributed by atoms with Crippen molar-refractivity contribution in [1.29, 1.82) is 0 Å². The van der Waals surface area contributed by atoms with E-state index in [9.17, 15) is 13.2 Å². The van der Waals surface area contributed by atoms with Crippen molar-refractivity contribution in [2.75, 3.05) is 18.8 Å². The number of piperidine rings is 1. The zero-order valence-corrected chi connectivity index (χ0v) is 23.4. The second-order valence-electron chi connectivity index (χ2n) is 8.38. The van der Waals surface area contributed by atoms with E-state index in [0.717, 1.165) is 32.4 Å². The summed E-state index contributed by atoms with van der Waals surface area (Å²) in [6.45, 7) is 3.33. The minimum absolute atomic E-state index is 0.0718. The Balaban J connectivity index is 1.74. The maximum atomic E-state index is 13.2. The van der Waals surface area contributed by atoms with E-state index in [1.165, 1.54) is 0 Å². The van der Waals surface area contributed by atoms with Crippen LogP contribution in [-0.4, -0.2) is 48.0 Å². The number of hydrazine groups is 1. The van der Waals surface area contributed by atoms with E-state index < -0.39 is 10.1 Å². The molecule has 0 atom stereocenters. The third-order valence-electron chi connectivity index (χ3n) is 5.60. The number of nitrogens with zero attached hydrogens (tertiary/aromatic N) is 3. The van der Waals surface area contributed by atoms with Crippen LogP contribution in [0.4, 0.5) is 0 Å². The average molecular weight is 616 g/mol. The molecule has 1 fully saturated rings. The number of halogens is 3. The van der Waals surface area contributed by atoms with Gasteiger partial charge in [-0.15, -0.1) is 0 Å². The summed E-state index contributed by atoms with van der Waals surface area (Å²) >= 11 is 16.2. The number of hydrogen-bond acceptors (Lipinski definition) is 6. The average Bonchev–Trinajstić information content (AvgIpc) is 3.17. The number of hydrogen-bond donors (Lipinski definition) is 1. The van der Waals surface area contributed by atoms with Gasteiger partial charge in [-0.3, -0.25) is 10.2 Å². The summed E-state index contributed by atoms with van der Waals surface area (Å²) in [4.78, 5) is 13.2. The molecular formula is C24H25BrCl2N4O4S. The lowest BCUT2D eigenvalue weighted by molar-refractivity contribution is 0.0743. The fourth-order valence-corrected chi connectivity index (χ4v) is 6.06. The molecule has 4 rings (SSSR count). The summed E-state index contributed by atoms with van der Waals surface area (Å²) in [5, 5.41) is 7.31. The molecule has 1 aliphatic rings. The van der Waals surface area contributed by atoms with Crippen molar-refractivity contribution in [2.24, 2.45) is 0 Å². The van der Waals surface area contributed by atoms with Crippen LogP contribution in [0.5, 0.6) is 5.75 Å². The van der Waals surface area contributed by atoms with Crippen molar-refractivity contribution in [3.8, 4) is 22.7 Å². The van der Waals surface area contributed by atoms with E-state index in [4.69, 9.17) is 27.4 Å². The van der Waals surface area contributed by atoms with Crippen molar-refractivity contribution < 1.29 is 17.4 Å². The highest BCUT2D eigenvalue weighted by Gasteiger charge is 2.26. The number of carbonyl (C=O) groups is 1. The lowest BCUT2D eigenvalue weighted by Crippen LogP contribution is -2.45. The topological polar surface area (TPSA) is 93.5 Å². The second-order valence-corrected chi connectivity index (χ2v) is 11.7. The van der Waals surface area contributed by atoms with E-state index in [0.29, 0.717) is 37.9 Å². The molecule has 0 saturated carbocycles. The molecule has 1 aromatic heterocycles. The van der Waals surface area contributed by atoms with E-state index in [-0.39, 0.29) is 23.1 Å². The van der Waals surface area contributed by atoms with Crippen molar-refractivity contribution in [2.45, 2.75) is 32.6 Å². The first-order valence-electron chi connectivity index (χ1n) is 11.5. The summed E-state index contributed by atoms with van der Waals surface area (Å²) in [5.41, 5.74) is 4.88. The van der Waals surface area contributed by atoms with Gasteiger partial charge in [0.05, 0.1) is 26.6 Å². The van der Waals surface area contributed by atoms with Gasteiger partial charge < -0.3 is 4.18 Å². The second kappa shape index (κ2) is 11.5. The highest BCUT2D eigenvalue weighted by atomic mass is 79.9. The summed E-state index contributed by atoms with van der Waals surface area (Å²) in [7, 11) is -3.67. The van der Waals surface area contributed by atoms with Crippen LogP contribution in [0.3, 0.4) is 0 Å². The Bertz CT molecular complexity index is 1360. The summed E-state index contributed by atoms with van der Waals surface area (Å²) in [6.07, 6.45) is 3.63. The van der Waals surface area contributed by atoms with Crippen LogP contribution in [0, 0.1) is 0 Å². The lowest BCUT2D eigenvalue weighted by Gasteiger charge is -2.26. The Morgan fingerprint density at radius 3 is 2.44 bits per heavy atom. The Morgan fingerprint density at radius 1 is 1.11 bits per heavy atom. The zero-order chi connectivity index (χ0) is 25.9. The molecule has 2 heterocycles. The minimum atomic E-state index is -3.67. The summed E-state index contributed by atoms with van der Waals surface area (Å²) < 4.78 is 31.3.